The number of halogens is 1. The van der Waals surface area contributed by atoms with Crippen LogP contribution in [0, 0.1) is 0 Å². The second-order valence-electron chi connectivity index (χ2n) is 5.75. The molecule has 0 atom stereocenters. The van der Waals surface area contributed by atoms with Gasteiger partial charge in [0, 0.05) is 38.1 Å². The van der Waals surface area contributed by atoms with E-state index in [2.05, 4.69) is 48.5 Å². The lowest BCUT2D eigenvalue weighted by Gasteiger charge is -2.33. The molecular weight excluding hydrogens is 274 g/mol. The van der Waals surface area contributed by atoms with Crippen LogP contribution in [0.4, 0.5) is 0 Å². The van der Waals surface area contributed by atoms with Gasteiger partial charge in [-0.3, -0.25) is 4.99 Å². The van der Waals surface area contributed by atoms with Crippen molar-refractivity contribution in [3.05, 3.63) is 23.0 Å². The highest BCUT2D eigenvalue weighted by Crippen LogP contribution is 2.12. The van der Waals surface area contributed by atoms with E-state index < -0.39 is 0 Å². The van der Waals surface area contributed by atoms with Gasteiger partial charge in [0.15, 0.2) is 5.96 Å². The fraction of sp³-hybridized carbons (Fsp3) is 0.643. The van der Waals surface area contributed by atoms with Crippen LogP contribution in [0.1, 0.15) is 19.5 Å². The Morgan fingerprint density at radius 3 is 2.50 bits per heavy atom. The summed E-state index contributed by atoms with van der Waals surface area (Å²) in [6.07, 6.45) is 1.89. The maximum atomic E-state index is 5.97. The van der Waals surface area contributed by atoms with Gasteiger partial charge in [-0.15, -0.1) is 0 Å². The number of hydrogen-bond acceptors (Lipinski definition) is 2. The predicted octanol–water partition coefficient (Wildman–Crippen LogP) is 1.68. The highest BCUT2D eigenvalue weighted by Gasteiger charge is 2.20. The summed E-state index contributed by atoms with van der Waals surface area (Å²) in [5.41, 5.74) is 1.18. The van der Waals surface area contributed by atoms with Crippen molar-refractivity contribution in [1.29, 1.82) is 0 Å². The van der Waals surface area contributed by atoms with Crippen LogP contribution in [-0.2, 0) is 13.6 Å². The molecule has 0 unspecified atom stereocenters. The Bertz CT molecular complexity index is 462. The van der Waals surface area contributed by atoms with E-state index in [9.17, 15) is 0 Å². The molecule has 0 aliphatic rings. The van der Waals surface area contributed by atoms with Gasteiger partial charge >= 0.3 is 0 Å². The molecular formula is C14H26ClN5. The van der Waals surface area contributed by atoms with Crippen molar-refractivity contribution in [3.8, 4) is 0 Å². The van der Waals surface area contributed by atoms with Gasteiger partial charge in [0.1, 0.15) is 0 Å². The molecule has 0 bridgehead atoms. The molecule has 0 fully saturated rings. The fourth-order valence-corrected chi connectivity index (χ4v) is 1.87. The van der Waals surface area contributed by atoms with Crippen LogP contribution in [-0.4, -0.2) is 48.7 Å². The van der Waals surface area contributed by atoms with Crippen LogP contribution >= 0.6 is 11.6 Å². The molecule has 0 spiro atoms. The summed E-state index contributed by atoms with van der Waals surface area (Å²) in [6.45, 7) is 5.87. The third-order valence-electron chi connectivity index (χ3n) is 3.63. The first-order valence-corrected chi connectivity index (χ1v) is 7.07. The van der Waals surface area contributed by atoms with Crippen molar-refractivity contribution in [3.63, 3.8) is 0 Å². The maximum Gasteiger partial charge on any atom is 0.191 e. The molecule has 1 aromatic rings. The summed E-state index contributed by atoms with van der Waals surface area (Å²) < 4.78 is 2.01. The molecule has 0 saturated carbocycles. The van der Waals surface area contributed by atoms with Crippen molar-refractivity contribution in [2.75, 3.05) is 27.7 Å². The molecule has 1 rings (SSSR count). The molecule has 114 valence electrons. The van der Waals surface area contributed by atoms with E-state index in [1.165, 1.54) is 0 Å². The fourth-order valence-electron chi connectivity index (χ4n) is 1.59. The van der Waals surface area contributed by atoms with E-state index in [4.69, 9.17) is 11.6 Å². The number of hydrogen-bond donors (Lipinski definition) is 2. The largest absolute Gasteiger partial charge is 0.355 e. The van der Waals surface area contributed by atoms with E-state index in [-0.39, 0.29) is 5.54 Å². The zero-order chi connectivity index (χ0) is 15.3. The molecule has 0 aliphatic heterocycles. The first-order chi connectivity index (χ1) is 9.26. The van der Waals surface area contributed by atoms with Crippen molar-refractivity contribution in [1.82, 2.24) is 20.1 Å². The molecule has 1 heterocycles. The molecule has 0 radical (unpaired) electrons. The van der Waals surface area contributed by atoms with Crippen LogP contribution in [0.2, 0.25) is 5.02 Å². The average molecular weight is 300 g/mol. The summed E-state index contributed by atoms with van der Waals surface area (Å²) in [6, 6.07) is 1.95. The zero-order valence-electron chi connectivity index (χ0n) is 13.3. The number of aryl methyl sites for hydroxylation is 1. The highest BCUT2D eigenvalue weighted by atomic mass is 35.5. The minimum Gasteiger partial charge on any atom is -0.355 e. The van der Waals surface area contributed by atoms with Crippen molar-refractivity contribution >= 4 is 17.6 Å². The van der Waals surface area contributed by atoms with Crippen molar-refractivity contribution < 1.29 is 0 Å². The molecule has 0 saturated heterocycles. The molecule has 2 N–H and O–H groups in total. The highest BCUT2D eigenvalue weighted by molar-refractivity contribution is 6.30. The van der Waals surface area contributed by atoms with Gasteiger partial charge in [-0.25, -0.2) is 0 Å². The Kier molecular flexibility index (Phi) is 5.89. The molecule has 20 heavy (non-hydrogen) atoms. The number of nitrogens with one attached hydrogen (secondary N) is 2. The van der Waals surface area contributed by atoms with Gasteiger partial charge in [0.2, 0.25) is 0 Å². The lowest BCUT2D eigenvalue weighted by molar-refractivity contribution is 0.197. The number of aliphatic imine (C=N–C) groups is 1. The normalized spacial score (nSPS) is 12.9. The number of aromatic nitrogens is 1. The van der Waals surface area contributed by atoms with E-state index >= 15 is 0 Å². The van der Waals surface area contributed by atoms with Gasteiger partial charge in [0.25, 0.3) is 0 Å². The van der Waals surface area contributed by atoms with Crippen LogP contribution in [0.25, 0.3) is 0 Å². The number of nitrogens with zero attached hydrogens (tertiary/aromatic N) is 3. The number of rotatable bonds is 5. The summed E-state index contributed by atoms with van der Waals surface area (Å²) in [4.78, 5) is 6.42. The second kappa shape index (κ2) is 6.99. The minimum absolute atomic E-state index is 0.0614. The SMILES string of the molecule is CN=C(NCc1cc(Cl)cn1C)NCC(C)(C)N(C)C. The Hall–Kier alpha value is -1.20. The summed E-state index contributed by atoms with van der Waals surface area (Å²) >= 11 is 5.97. The smallest absolute Gasteiger partial charge is 0.191 e. The van der Waals surface area contributed by atoms with Crippen LogP contribution < -0.4 is 10.6 Å². The molecule has 6 heteroatoms. The lowest BCUT2D eigenvalue weighted by Crippen LogP contribution is -2.50. The van der Waals surface area contributed by atoms with E-state index in [1.807, 2.05) is 23.9 Å². The predicted molar refractivity (Wildman–Crippen MR) is 86.4 cm³/mol. The summed E-state index contributed by atoms with van der Waals surface area (Å²) in [5.74, 6) is 0.789. The second-order valence-corrected chi connectivity index (χ2v) is 6.18. The first-order valence-electron chi connectivity index (χ1n) is 6.69. The molecule has 0 amide bonds. The van der Waals surface area contributed by atoms with Crippen LogP contribution in [0.5, 0.6) is 0 Å². The minimum atomic E-state index is 0.0614. The van der Waals surface area contributed by atoms with Gasteiger partial charge in [-0.05, 0) is 34.0 Å². The van der Waals surface area contributed by atoms with Gasteiger partial charge < -0.3 is 20.1 Å². The lowest BCUT2D eigenvalue weighted by atomic mass is 10.0. The summed E-state index contributed by atoms with van der Waals surface area (Å²) in [5, 5.41) is 7.39. The monoisotopic (exact) mass is 299 g/mol. The molecule has 0 aliphatic carbocycles. The van der Waals surface area contributed by atoms with Crippen LogP contribution in [0.15, 0.2) is 17.3 Å². The van der Waals surface area contributed by atoms with Crippen LogP contribution in [0.3, 0.4) is 0 Å². The van der Waals surface area contributed by atoms with E-state index in [1.54, 1.807) is 7.05 Å². The number of likely N-dealkylation sites (N-methyl/N-ethyl adjacent to an activating group) is 1. The standard InChI is InChI=1S/C14H26ClN5/c1-14(2,19(4)5)10-18-13(16-3)17-8-12-7-11(15)9-20(12)6/h7,9H,8,10H2,1-6H3,(H2,16,17,18). The number of guanidine groups is 1. The third kappa shape index (κ3) is 4.72. The quantitative estimate of drug-likeness (QED) is 0.642. The first kappa shape index (κ1) is 16.9. The van der Waals surface area contributed by atoms with Gasteiger partial charge in [0.05, 0.1) is 11.6 Å². The molecule has 1 aromatic heterocycles. The Labute approximate surface area is 127 Å². The Morgan fingerprint density at radius 2 is 2.05 bits per heavy atom. The summed E-state index contributed by atoms with van der Waals surface area (Å²) in [7, 11) is 7.90. The Morgan fingerprint density at radius 1 is 1.40 bits per heavy atom. The van der Waals surface area contributed by atoms with E-state index in [0.29, 0.717) is 6.54 Å². The van der Waals surface area contributed by atoms with Crippen molar-refractivity contribution in [2.45, 2.75) is 25.9 Å². The molecule has 0 aromatic carbocycles. The molecule has 5 nitrogen and oxygen atoms in total. The maximum absolute atomic E-state index is 5.97. The van der Waals surface area contributed by atoms with E-state index in [0.717, 1.165) is 23.2 Å². The zero-order valence-corrected chi connectivity index (χ0v) is 14.0. The third-order valence-corrected chi connectivity index (χ3v) is 3.84. The van der Waals surface area contributed by atoms with Gasteiger partial charge in [-0.1, -0.05) is 11.6 Å². The van der Waals surface area contributed by atoms with Gasteiger partial charge in [-0.2, -0.15) is 0 Å². The topological polar surface area (TPSA) is 44.6 Å². The Balaban J connectivity index is 2.51. The van der Waals surface area contributed by atoms with Crippen molar-refractivity contribution in [2.24, 2.45) is 12.0 Å². The average Bonchev–Trinajstić information content (AvgIpc) is 2.68.